The van der Waals surface area contributed by atoms with Gasteiger partial charge in [0.1, 0.15) is 16.2 Å². The molecule has 0 bridgehead atoms. The maximum Gasteiger partial charge on any atom is 0.332 e. The molecule has 0 aliphatic carbocycles. The van der Waals surface area contributed by atoms with Crippen molar-refractivity contribution < 1.29 is 4.79 Å². The van der Waals surface area contributed by atoms with Crippen LogP contribution < -0.4 is 22.5 Å². The highest BCUT2D eigenvalue weighted by Gasteiger charge is 2.22. The Kier molecular flexibility index (Phi) is 6.40. The maximum absolute atomic E-state index is 13.2. The molecule has 11 heteroatoms. The zero-order valence-corrected chi connectivity index (χ0v) is 20.1. The summed E-state index contributed by atoms with van der Waals surface area (Å²) in [5.74, 6) is -0.949. The van der Waals surface area contributed by atoms with Gasteiger partial charge in [0.15, 0.2) is 10.9 Å². The van der Waals surface area contributed by atoms with E-state index in [-0.39, 0.29) is 29.2 Å². The van der Waals surface area contributed by atoms with Crippen LogP contribution in [0.1, 0.15) is 10.4 Å². The second kappa shape index (κ2) is 9.27. The van der Waals surface area contributed by atoms with Gasteiger partial charge >= 0.3 is 5.69 Å². The molecule has 0 saturated heterocycles. The summed E-state index contributed by atoms with van der Waals surface area (Å²) in [7, 11) is 2.67. The molecule has 0 spiro atoms. The van der Waals surface area contributed by atoms with Crippen LogP contribution in [0.15, 0.2) is 68.6 Å². The zero-order chi connectivity index (χ0) is 24.6. The molecular formula is C23H21N5O4S2. The predicted molar refractivity (Wildman–Crippen MR) is 136 cm³/mol. The van der Waals surface area contributed by atoms with Crippen molar-refractivity contribution in [2.45, 2.75) is 11.7 Å². The van der Waals surface area contributed by atoms with E-state index in [1.165, 1.54) is 30.0 Å². The smallest absolute Gasteiger partial charge is 0.332 e. The fraction of sp³-hybridized carbons (Fsp3) is 0.174. The number of thioether (sulfide) groups is 1. The van der Waals surface area contributed by atoms with Gasteiger partial charge in [-0.1, -0.05) is 48.2 Å². The number of carbonyl (C=O) groups excluding carboxylic acids is 1. The molecule has 0 amide bonds. The van der Waals surface area contributed by atoms with Crippen LogP contribution in [0.4, 0.5) is 5.82 Å². The topological polar surface area (TPSA) is 122 Å². The van der Waals surface area contributed by atoms with Crippen molar-refractivity contribution in [2.24, 2.45) is 14.1 Å². The van der Waals surface area contributed by atoms with E-state index in [1.54, 1.807) is 6.08 Å². The van der Waals surface area contributed by atoms with Gasteiger partial charge < -0.3 is 5.73 Å². The summed E-state index contributed by atoms with van der Waals surface area (Å²) in [5, 5.41) is 0.810. The first-order valence-corrected chi connectivity index (χ1v) is 12.0. The predicted octanol–water partition coefficient (Wildman–Crippen LogP) is 2.27. The van der Waals surface area contributed by atoms with Gasteiger partial charge in [0.2, 0.25) is 0 Å². The molecule has 2 N–H and O–H groups in total. The summed E-state index contributed by atoms with van der Waals surface area (Å²) in [4.78, 5) is 56.7. The number of anilines is 1. The zero-order valence-electron chi connectivity index (χ0n) is 18.5. The number of nitrogen functional groups attached to an aromatic ring is 1. The van der Waals surface area contributed by atoms with Crippen molar-refractivity contribution in [3.05, 3.63) is 85.8 Å². The van der Waals surface area contributed by atoms with E-state index in [0.717, 1.165) is 31.3 Å². The standard InChI is InChI=1S/C23H21N5O4S2/c1-4-10-28-20(30)14-11-16(13-8-6-5-7-9-13)34-19(14)25-22(28)33-12-15(29)17-18(24)26(2)23(32)27(3)21(17)31/h4-9,11H,1,10,12,24H2,2-3H3. The molecule has 0 aliphatic heterocycles. The number of thiophene rings is 1. The average Bonchev–Trinajstić information content (AvgIpc) is 3.27. The van der Waals surface area contributed by atoms with Crippen molar-refractivity contribution in [2.75, 3.05) is 11.5 Å². The number of ketones is 1. The molecule has 4 aromatic rings. The largest absolute Gasteiger partial charge is 0.384 e. The normalized spacial score (nSPS) is 11.1. The van der Waals surface area contributed by atoms with Crippen LogP contribution in [0.2, 0.25) is 0 Å². The third kappa shape index (κ3) is 4.03. The SMILES string of the molecule is C=CCn1c(SCC(=O)c2c(N)n(C)c(=O)n(C)c2=O)nc2sc(-c3ccccc3)cc2c1=O. The molecule has 0 fully saturated rings. The Hall–Kier alpha value is -3.70. The van der Waals surface area contributed by atoms with Gasteiger partial charge in [-0.2, -0.15) is 0 Å². The van der Waals surface area contributed by atoms with Crippen LogP contribution in [0.25, 0.3) is 20.7 Å². The number of nitrogens with zero attached hydrogens (tertiary/aromatic N) is 4. The van der Waals surface area contributed by atoms with E-state index in [4.69, 9.17) is 5.73 Å². The van der Waals surface area contributed by atoms with E-state index in [1.807, 2.05) is 36.4 Å². The number of hydrogen-bond donors (Lipinski definition) is 1. The first kappa shape index (κ1) is 23.5. The Bertz CT molecular complexity index is 1610. The number of Topliss-reactive ketones (excluding diaryl/α,β-unsaturated/α-hetero) is 1. The van der Waals surface area contributed by atoms with Gasteiger partial charge in [-0.25, -0.2) is 9.78 Å². The summed E-state index contributed by atoms with van der Waals surface area (Å²) in [6.07, 6.45) is 1.58. The lowest BCUT2D eigenvalue weighted by Gasteiger charge is -2.12. The number of hydrogen-bond acceptors (Lipinski definition) is 8. The van der Waals surface area contributed by atoms with Crippen LogP contribution in [0, 0.1) is 0 Å². The van der Waals surface area contributed by atoms with Gasteiger partial charge in [0.25, 0.3) is 11.1 Å². The number of allylic oxidation sites excluding steroid dienone is 1. The number of benzene rings is 1. The third-order valence-corrected chi connectivity index (χ3v) is 7.36. The Morgan fingerprint density at radius 2 is 1.85 bits per heavy atom. The second-order valence-corrected chi connectivity index (χ2v) is 9.45. The van der Waals surface area contributed by atoms with E-state index in [0.29, 0.717) is 15.4 Å². The van der Waals surface area contributed by atoms with Gasteiger partial charge in [0.05, 0.1) is 11.1 Å². The summed E-state index contributed by atoms with van der Waals surface area (Å²) in [6, 6.07) is 11.5. The highest BCUT2D eigenvalue weighted by atomic mass is 32.2. The fourth-order valence-electron chi connectivity index (χ4n) is 3.47. The second-order valence-electron chi connectivity index (χ2n) is 7.47. The number of rotatable bonds is 7. The quantitative estimate of drug-likeness (QED) is 0.181. The Balaban J connectivity index is 1.73. The third-order valence-electron chi connectivity index (χ3n) is 5.31. The molecular weight excluding hydrogens is 474 g/mol. The van der Waals surface area contributed by atoms with Crippen LogP contribution in [0.5, 0.6) is 0 Å². The van der Waals surface area contributed by atoms with Crippen molar-refractivity contribution in [3.8, 4) is 10.4 Å². The molecule has 9 nitrogen and oxygen atoms in total. The lowest BCUT2D eigenvalue weighted by molar-refractivity contribution is 0.102. The maximum atomic E-state index is 13.2. The summed E-state index contributed by atoms with van der Waals surface area (Å²) in [5.41, 5.74) is 4.99. The Morgan fingerprint density at radius 1 is 1.15 bits per heavy atom. The molecule has 0 unspecified atom stereocenters. The van der Waals surface area contributed by atoms with Crippen molar-refractivity contribution in [1.29, 1.82) is 0 Å². The fourth-order valence-corrected chi connectivity index (χ4v) is 5.43. The first-order chi connectivity index (χ1) is 16.2. The summed E-state index contributed by atoms with van der Waals surface area (Å²) >= 11 is 2.41. The lowest BCUT2D eigenvalue weighted by atomic mass is 10.2. The molecule has 0 aliphatic rings. The van der Waals surface area contributed by atoms with E-state index >= 15 is 0 Å². The van der Waals surface area contributed by atoms with Crippen molar-refractivity contribution in [1.82, 2.24) is 18.7 Å². The monoisotopic (exact) mass is 495 g/mol. The summed E-state index contributed by atoms with van der Waals surface area (Å²) < 4.78 is 3.33. The van der Waals surface area contributed by atoms with Gasteiger partial charge in [-0.05, 0) is 11.6 Å². The molecule has 4 rings (SSSR count). The van der Waals surface area contributed by atoms with Crippen LogP contribution >= 0.6 is 23.1 Å². The number of fused-ring (bicyclic) bond motifs is 1. The molecule has 0 saturated carbocycles. The molecule has 174 valence electrons. The lowest BCUT2D eigenvalue weighted by Crippen LogP contribution is -2.41. The van der Waals surface area contributed by atoms with Crippen molar-refractivity contribution >= 4 is 44.9 Å². The molecule has 3 heterocycles. The van der Waals surface area contributed by atoms with E-state index in [9.17, 15) is 19.2 Å². The minimum Gasteiger partial charge on any atom is -0.384 e. The van der Waals surface area contributed by atoms with Crippen LogP contribution in [0.3, 0.4) is 0 Å². The van der Waals surface area contributed by atoms with Crippen LogP contribution in [-0.4, -0.2) is 30.2 Å². The highest BCUT2D eigenvalue weighted by Crippen LogP contribution is 2.32. The molecule has 34 heavy (non-hydrogen) atoms. The minimum atomic E-state index is -0.760. The first-order valence-electron chi connectivity index (χ1n) is 10.2. The molecule has 0 radical (unpaired) electrons. The minimum absolute atomic E-state index is 0.191. The average molecular weight is 496 g/mol. The van der Waals surface area contributed by atoms with Crippen molar-refractivity contribution in [3.63, 3.8) is 0 Å². The number of aromatic nitrogens is 4. The Morgan fingerprint density at radius 3 is 2.53 bits per heavy atom. The van der Waals surface area contributed by atoms with E-state index in [2.05, 4.69) is 11.6 Å². The highest BCUT2D eigenvalue weighted by molar-refractivity contribution is 7.99. The van der Waals surface area contributed by atoms with E-state index < -0.39 is 17.0 Å². The van der Waals surface area contributed by atoms with Gasteiger partial charge in [-0.3, -0.25) is 28.1 Å². The molecule has 3 aromatic heterocycles. The van der Waals surface area contributed by atoms with Gasteiger partial charge in [0, 0.05) is 25.5 Å². The summed E-state index contributed by atoms with van der Waals surface area (Å²) in [6.45, 7) is 3.92. The molecule has 0 atom stereocenters. The number of nitrogens with two attached hydrogens (primary N) is 1. The van der Waals surface area contributed by atoms with Crippen LogP contribution in [-0.2, 0) is 20.6 Å². The number of carbonyl (C=O) groups is 1. The van der Waals surface area contributed by atoms with Gasteiger partial charge in [-0.15, -0.1) is 17.9 Å². The Labute approximate surface area is 201 Å². The molecule has 1 aromatic carbocycles.